The molecule has 0 heterocycles. The number of methoxy groups -OCH3 is 1. The van der Waals surface area contributed by atoms with Gasteiger partial charge in [0.2, 0.25) is 11.8 Å². The zero-order valence-corrected chi connectivity index (χ0v) is 30.2. The lowest BCUT2D eigenvalue weighted by molar-refractivity contribution is -0.147. The molecule has 0 spiro atoms. The number of hydrogen-bond donors (Lipinski definition) is 2. The van der Waals surface area contributed by atoms with E-state index in [0.717, 1.165) is 12.6 Å². The van der Waals surface area contributed by atoms with Crippen LogP contribution in [0, 0.1) is 4.91 Å². The van der Waals surface area contributed by atoms with Gasteiger partial charge in [-0.1, -0.05) is 54.6 Å². The van der Waals surface area contributed by atoms with Crippen LogP contribution in [-0.2, 0) is 33.4 Å². The van der Waals surface area contributed by atoms with Gasteiger partial charge < -0.3 is 20.1 Å². The van der Waals surface area contributed by atoms with Gasteiger partial charge >= 0.3 is 11.9 Å². The topological polar surface area (TPSA) is 157 Å². The van der Waals surface area contributed by atoms with Crippen LogP contribution in [0.3, 0.4) is 0 Å². The molecule has 0 aliphatic rings. The predicted octanol–water partition coefficient (Wildman–Crippen LogP) is 4.40. The standard InChI is InChI=1S/C37H44N3O8PS/c1-3-48-37(45)31(22-24-35(43)39-32(27-50-40-46)33(41)23-25-36(44)47-2)38-34(42)21-13-14-26-49(28-15-7-4-8-16-28,29-17-9-5-10-18-29)30-19-11-6-12-20-30/h4-12,15-20,31-32H,3,13-14,21-27H2,1-2H3,(H-,38,39,42,43)/p+1/t31-,32-/m0/s1. The summed E-state index contributed by atoms with van der Waals surface area (Å²) in [5, 5.41) is 9.06. The lowest BCUT2D eigenvalue weighted by Crippen LogP contribution is -2.45. The number of ether oxygens (including phenoxy) is 2. The molecule has 13 heteroatoms. The molecule has 0 saturated carbocycles. The lowest BCUT2D eigenvalue weighted by atomic mass is 10.1. The number of carbonyl (C=O) groups is 5. The summed E-state index contributed by atoms with van der Waals surface area (Å²) in [6.07, 6.45) is 1.71. The number of hydrogen-bond acceptors (Lipinski definition) is 10. The third-order valence-electron chi connectivity index (χ3n) is 8.13. The fourth-order valence-corrected chi connectivity index (χ4v) is 10.5. The van der Waals surface area contributed by atoms with E-state index in [-0.39, 0.29) is 50.4 Å². The maximum Gasteiger partial charge on any atom is 0.328 e. The lowest BCUT2D eigenvalue weighted by Gasteiger charge is -2.27. The Bertz CT molecular complexity index is 1450. The Kier molecular flexibility index (Phi) is 17.3. The van der Waals surface area contributed by atoms with Crippen molar-refractivity contribution >= 4 is 64.7 Å². The van der Waals surface area contributed by atoms with Crippen LogP contribution in [0.4, 0.5) is 0 Å². The first-order valence-electron chi connectivity index (χ1n) is 16.6. The van der Waals surface area contributed by atoms with E-state index < -0.39 is 43.0 Å². The predicted molar refractivity (Wildman–Crippen MR) is 198 cm³/mol. The van der Waals surface area contributed by atoms with Crippen molar-refractivity contribution in [3.05, 3.63) is 95.9 Å². The summed E-state index contributed by atoms with van der Waals surface area (Å²) in [7, 11) is -0.846. The molecule has 2 atom stereocenters. The first kappa shape index (κ1) is 40.0. The van der Waals surface area contributed by atoms with Crippen molar-refractivity contribution in [3.63, 3.8) is 0 Å². The maximum absolute atomic E-state index is 13.1. The minimum atomic E-state index is -2.05. The molecule has 0 aliphatic heterocycles. The quantitative estimate of drug-likeness (QED) is 0.0505. The normalized spacial score (nSPS) is 12.2. The average molecular weight is 723 g/mol. The van der Waals surface area contributed by atoms with E-state index in [9.17, 15) is 28.9 Å². The first-order chi connectivity index (χ1) is 24.2. The molecule has 0 saturated heterocycles. The highest BCUT2D eigenvalue weighted by molar-refractivity contribution is 7.98. The summed E-state index contributed by atoms with van der Waals surface area (Å²) in [6, 6.07) is 29.3. The molecule has 2 N–H and O–H groups in total. The number of esters is 2. The van der Waals surface area contributed by atoms with E-state index in [2.05, 4.69) is 92.7 Å². The molecular weight excluding hydrogens is 677 g/mol. The molecule has 0 fully saturated rings. The van der Waals surface area contributed by atoms with Gasteiger partial charge in [-0.05, 0) is 62.6 Å². The number of Topliss-reactive ketones (excluding diaryl/α,β-unsaturated/α-hetero) is 1. The number of carbonyl (C=O) groups excluding carboxylic acids is 5. The number of amides is 2. The molecular formula is C37H45N3O8PS+. The first-order valence-corrected chi connectivity index (χ1v) is 19.5. The van der Waals surface area contributed by atoms with Crippen LogP contribution in [0.25, 0.3) is 0 Å². The van der Waals surface area contributed by atoms with Gasteiger partial charge in [0.05, 0.1) is 32.3 Å². The van der Waals surface area contributed by atoms with Gasteiger partial charge in [-0.15, -0.1) is 4.91 Å². The minimum absolute atomic E-state index is 0.0663. The van der Waals surface area contributed by atoms with Gasteiger partial charge in [-0.25, -0.2) is 4.79 Å². The molecule has 3 aromatic carbocycles. The second-order valence-corrected chi connectivity index (χ2v) is 15.8. The second-order valence-electron chi connectivity index (χ2n) is 11.4. The largest absolute Gasteiger partial charge is 0.469 e. The highest BCUT2D eigenvalue weighted by atomic mass is 32.2. The number of nitrogens with one attached hydrogen (secondary N) is 2. The maximum atomic E-state index is 13.1. The average Bonchev–Trinajstić information content (AvgIpc) is 3.15. The van der Waals surface area contributed by atoms with Crippen LogP contribution >= 0.6 is 19.2 Å². The number of rotatable bonds is 22. The molecule has 0 aliphatic carbocycles. The number of ketones is 1. The van der Waals surface area contributed by atoms with Crippen molar-refractivity contribution in [2.75, 3.05) is 25.6 Å². The van der Waals surface area contributed by atoms with E-state index in [1.165, 1.54) is 23.0 Å². The Labute approximate surface area is 298 Å². The molecule has 50 heavy (non-hydrogen) atoms. The van der Waals surface area contributed by atoms with Crippen molar-refractivity contribution in [2.45, 2.75) is 64.0 Å². The number of unbranched alkanes of at least 4 members (excludes halogenated alkanes) is 1. The molecule has 3 rings (SSSR count). The second kappa shape index (κ2) is 21.6. The van der Waals surface area contributed by atoms with Crippen LogP contribution in [0.2, 0.25) is 0 Å². The molecule has 0 aromatic heterocycles. The van der Waals surface area contributed by atoms with E-state index in [0.29, 0.717) is 18.4 Å². The van der Waals surface area contributed by atoms with Crippen LogP contribution in [-0.4, -0.2) is 67.3 Å². The van der Waals surface area contributed by atoms with Crippen molar-refractivity contribution in [2.24, 2.45) is 4.58 Å². The monoisotopic (exact) mass is 722 g/mol. The number of benzene rings is 3. The Morgan fingerprint density at radius 2 is 1.24 bits per heavy atom. The molecule has 266 valence electrons. The van der Waals surface area contributed by atoms with Gasteiger partial charge in [0, 0.05) is 41.5 Å². The fourth-order valence-electron chi connectivity index (χ4n) is 5.64. The fraction of sp³-hybridized carbons (Fsp3) is 0.378. The Morgan fingerprint density at radius 3 is 1.74 bits per heavy atom. The third kappa shape index (κ3) is 12.2. The highest BCUT2D eigenvalue weighted by Crippen LogP contribution is 2.55. The SMILES string of the molecule is CCOC(=O)[C@H](CCC(=O)N[C@@H](CSN=O)C(=O)CCC(=O)OC)NC(=O)CCCC[P+](c1ccccc1)(c1ccccc1)c1ccccc1. The van der Waals surface area contributed by atoms with E-state index >= 15 is 0 Å². The number of nitroso groups, excluding NO2 is 1. The van der Waals surface area contributed by atoms with Crippen LogP contribution < -0.4 is 26.5 Å². The van der Waals surface area contributed by atoms with E-state index in [4.69, 9.17) is 4.74 Å². The van der Waals surface area contributed by atoms with Crippen molar-refractivity contribution in [1.82, 2.24) is 10.6 Å². The van der Waals surface area contributed by atoms with Crippen molar-refractivity contribution in [1.29, 1.82) is 0 Å². The van der Waals surface area contributed by atoms with Gasteiger partial charge in [0.25, 0.3) is 0 Å². The molecule has 0 radical (unpaired) electrons. The molecule has 3 aromatic rings. The molecule has 2 amide bonds. The van der Waals surface area contributed by atoms with Gasteiger partial charge in [0.1, 0.15) is 29.2 Å². The Hall–Kier alpha value is -4.41. The van der Waals surface area contributed by atoms with E-state index in [1.54, 1.807) is 6.92 Å². The zero-order valence-electron chi connectivity index (χ0n) is 28.5. The summed E-state index contributed by atoms with van der Waals surface area (Å²) in [5.41, 5.74) is 0. The summed E-state index contributed by atoms with van der Waals surface area (Å²) in [5.74, 6) is -2.73. The summed E-state index contributed by atoms with van der Waals surface area (Å²) < 4.78 is 12.4. The minimum Gasteiger partial charge on any atom is -0.469 e. The van der Waals surface area contributed by atoms with Gasteiger partial charge in [-0.3, -0.25) is 19.2 Å². The smallest absolute Gasteiger partial charge is 0.328 e. The Morgan fingerprint density at radius 1 is 0.720 bits per heavy atom. The van der Waals surface area contributed by atoms with Crippen LogP contribution in [0.1, 0.15) is 51.9 Å². The van der Waals surface area contributed by atoms with Gasteiger partial charge in [-0.2, -0.15) is 0 Å². The third-order valence-corrected chi connectivity index (χ3v) is 13.2. The molecule has 0 bridgehead atoms. The molecule has 0 unspecified atom stereocenters. The molecule has 11 nitrogen and oxygen atoms in total. The Balaban J connectivity index is 1.64. The summed E-state index contributed by atoms with van der Waals surface area (Å²) in [4.78, 5) is 73.4. The zero-order chi connectivity index (χ0) is 36.2. The highest BCUT2D eigenvalue weighted by Gasteiger charge is 2.44. The van der Waals surface area contributed by atoms with Crippen LogP contribution in [0.5, 0.6) is 0 Å². The van der Waals surface area contributed by atoms with Gasteiger partial charge in [0.15, 0.2) is 5.78 Å². The van der Waals surface area contributed by atoms with E-state index in [1.807, 2.05) is 18.2 Å². The summed E-state index contributed by atoms with van der Waals surface area (Å²) in [6.45, 7) is 1.74. The summed E-state index contributed by atoms with van der Waals surface area (Å²) >= 11 is 0.566. The van der Waals surface area contributed by atoms with Crippen molar-refractivity contribution < 1.29 is 33.4 Å². The van der Waals surface area contributed by atoms with Crippen LogP contribution in [0.15, 0.2) is 95.6 Å². The number of nitrogens with zero attached hydrogens (tertiary/aromatic N) is 1. The van der Waals surface area contributed by atoms with Crippen molar-refractivity contribution in [3.8, 4) is 0 Å².